The van der Waals surface area contributed by atoms with Gasteiger partial charge >= 0.3 is 0 Å². The minimum Gasteiger partial charge on any atom is -0.349 e. The highest BCUT2D eigenvalue weighted by atomic mass is 35.5. The molecule has 0 spiro atoms. The van der Waals surface area contributed by atoms with Crippen LogP contribution in [0.25, 0.3) is 11.4 Å². The summed E-state index contributed by atoms with van der Waals surface area (Å²) in [6.07, 6.45) is 3.17. The van der Waals surface area contributed by atoms with Gasteiger partial charge in [0, 0.05) is 17.6 Å². The highest BCUT2D eigenvalue weighted by molar-refractivity contribution is 7.99. The van der Waals surface area contributed by atoms with E-state index in [0.29, 0.717) is 15.9 Å². The summed E-state index contributed by atoms with van der Waals surface area (Å²) in [7, 11) is 1.90. The summed E-state index contributed by atoms with van der Waals surface area (Å²) >= 11 is 7.34. The van der Waals surface area contributed by atoms with Crippen LogP contribution in [0.15, 0.2) is 53.7 Å². The zero-order chi connectivity index (χ0) is 19.5. The number of rotatable bonds is 5. The van der Waals surface area contributed by atoms with Crippen LogP contribution < -0.4 is 5.32 Å². The third-order valence-corrected chi connectivity index (χ3v) is 6.25. The van der Waals surface area contributed by atoms with Crippen molar-refractivity contribution in [1.29, 1.82) is 0 Å². The number of carbonyl (C=O) groups excluding carboxylic acids is 1. The summed E-state index contributed by atoms with van der Waals surface area (Å²) in [6, 6.07) is 15.9. The Morgan fingerprint density at radius 2 is 2.00 bits per heavy atom. The molecular weight excluding hydrogens is 392 g/mol. The van der Waals surface area contributed by atoms with Gasteiger partial charge in [-0.1, -0.05) is 47.6 Å². The monoisotopic (exact) mass is 412 g/mol. The number of halogens is 1. The molecule has 4 rings (SSSR count). The number of carbonyl (C=O) groups is 1. The fraction of sp³-hybridized carbons (Fsp3) is 0.286. The molecule has 1 aliphatic rings. The molecule has 144 valence electrons. The number of hydrogen-bond acceptors (Lipinski definition) is 4. The topological polar surface area (TPSA) is 59.8 Å². The maximum absolute atomic E-state index is 12.5. The summed E-state index contributed by atoms with van der Waals surface area (Å²) in [6.45, 7) is 0. The van der Waals surface area contributed by atoms with Crippen LogP contribution in [0, 0.1) is 0 Å². The Kier molecular flexibility index (Phi) is 5.69. The minimum atomic E-state index is 0.0164. The van der Waals surface area contributed by atoms with E-state index in [-0.39, 0.29) is 11.9 Å². The second-order valence-corrected chi connectivity index (χ2v) is 8.25. The number of fused-ring (bicyclic) bond motifs is 1. The lowest BCUT2D eigenvalue weighted by Gasteiger charge is -2.26. The molecule has 2 aromatic carbocycles. The lowest BCUT2D eigenvalue weighted by atomic mass is 9.88. The Hall–Kier alpha value is -2.31. The molecule has 1 amide bonds. The molecule has 0 radical (unpaired) electrons. The summed E-state index contributed by atoms with van der Waals surface area (Å²) in [5.74, 6) is 1.08. The van der Waals surface area contributed by atoms with E-state index < -0.39 is 0 Å². The van der Waals surface area contributed by atoms with Crippen LogP contribution in [0.2, 0.25) is 5.02 Å². The van der Waals surface area contributed by atoms with Crippen molar-refractivity contribution in [1.82, 2.24) is 20.1 Å². The highest BCUT2D eigenvalue weighted by Gasteiger charge is 2.21. The van der Waals surface area contributed by atoms with Crippen LogP contribution in [0.3, 0.4) is 0 Å². The van der Waals surface area contributed by atoms with Crippen molar-refractivity contribution in [2.75, 3.05) is 5.75 Å². The van der Waals surface area contributed by atoms with Crippen LogP contribution in [0.5, 0.6) is 0 Å². The number of thioether (sulfide) groups is 1. The van der Waals surface area contributed by atoms with E-state index in [9.17, 15) is 4.79 Å². The average molecular weight is 413 g/mol. The van der Waals surface area contributed by atoms with E-state index in [4.69, 9.17) is 11.6 Å². The molecule has 28 heavy (non-hydrogen) atoms. The number of nitrogens with zero attached hydrogens (tertiary/aromatic N) is 3. The van der Waals surface area contributed by atoms with Crippen molar-refractivity contribution in [2.45, 2.75) is 30.5 Å². The number of aromatic nitrogens is 3. The minimum absolute atomic E-state index is 0.0164. The first-order chi connectivity index (χ1) is 13.6. The quantitative estimate of drug-likeness (QED) is 0.630. The molecule has 0 aliphatic heterocycles. The molecule has 1 aromatic heterocycles. The molecule has 1 atom stereocenters. The Morgan fingerprint density at radius 1 is 1.21 bits per heavy atom. The van der Waals surface area contributed by atoms with Crippen molar-refractivity contribution >= 4 is 29.3 Å². The lowest BCUT2D eigenvalue weighted by Crippen LogP contribution is -2.32. The first-order valence-electron chi connectivity index (χ1n) is 9.27. The predicted octanol–water partition coefficient (Wildman–Crippen LogP) is 4.42. The molecule has 0 saturated heterocycles. The lowest BCUT2D eigenvalue weighted by molar-refractivity contribution is -0.119. The number of nitrogens with one attached hydrogen (secondary N) is 1. The Labute approximate surface area is 173 Å². The smallest absolute Gasteiger partial charge is 0.230 e. The molecule has 5 nitrogen and oxygen atoms in total. The van der Waals surface area contributed by atoms with Gasteiger partial charge in [-0.2, -0.15) is 0 Å². The van der Waals surface area contributed by atoms with Crippen molar-refractivity contribution in [3.8, 4) is 11.4 Å². The maximum Gasteiger partial charge on any atom is 0.230 e. The molecule has 1 aliphatic carbocycles. The highest BCUT2D eigenvalue weighted by Crippen LogP contribution is 2.30. The van der Waals surface area contributed by atoms with Gasteiger partial charge < -0.3 is 9.88 Å². The third-order valence-electron chi connectivity index (χ3n) is 4.97. The van der Waals surface area contributed by atoms with Gasteiger partial charge in [-0.25, -0.2) is 0 Å². The number of amides is 1. The van der Waals surface area contributed by atoms with Crippen LogP contribution >= 0.6 is 23.4 Å². The number of benzene rings is 2. The Balaban J connectivity index is 1.39. The van der Waals surface area contributed by atoms with E-state index >= 15 is 0 Å². The molecule has 1 heterocycles. The number of aryl methyl sites for hydroxylation is 1. The van der Waals surface area contributed by atoms with Gasteiger partial charge in [-0.3, -0.25) is 4.79 Å². The van der Waals surface area contributed by atoms with E-state index in [0.717, 1.165) is 30.7 Å². The zero-order valence-electron chi connectivity index (χ0n) is 15.6. The molecule has 0 bridgehead atoms. The van der Waals surface area contributed by atoms with E-state index in [2.05, 4.69) is 33.7 Å². The van der Waals surface area contributed by atoms with Gasteiger partial charge in [0.1, 0.15) is 0 Å². The van der Waals surface area contributed by atoms with Crippen molar-refractivity contribution in [2.24, 2.45) is 7.05 Å². The largest absolute Gasteiger partial charge is 0.349 e. The fourth-order valence-electron chi connectivity index (χ4n) is 3.56. The van der Waals surface area contributed by atoms with Gasteiger partial charge in [-0.15, -0.1) is 10.2 Å². The number of hydrogen-bond donors (Lipinski definition) is 1. The third kappa shape index (κ3) is 4.08. The average Bonchev–Trinajstić information content (AvgIpc) is 3.08. The van der Waals surface area contributed by atoms with Gasteiger partial charge in [-0.05, 0) is 54.7 Å². The second-order valence-electron chi connectivity index (χ2n) is 6.87. The standard InChI is InChI=1S/C21H21ClN4OS/c1-26-20(15-9-11-16(22)12-10-15)24-25-21(26)28-13-19(27)23-18-8-4-6-14-5-2-3-7-17(14)18/h2-3,5,7,9-12,18H,4,6,8,13H2,1H3,(H,23,27). The molecule has 0 saturated carbocycles. The Morgan fingerprint density at radius 3 is 2.82 bits per heavy atom. The summed E-state index contributed by atoms with van der Waals surface area (Å²) < 4.78 is 1.90. The van der Waals surface area contributed by atoms with Crippen LogP contribution in [0.4, 0.5) is 0 Å². The predicted molar refractivity (Wildman–Crippen MR) is 112 cm³/mol. The van der Waals surface area contributed by atoms with Gasteiger partial charge in [0.25, 0.3) is 0 Å². The van der Waals surface area contributed by atoms with Crippen molar-refractivity contribution in [3.63, 3.8) is 0 Å². The van der Waals surface area contributed by atoms with E-state index in [1.165, 1.54) is 22.9 Å². The molecule has 3 aromatic rings. The maximum atomic E-state index is 12.5. The SMILES string of the molecule is Cn1c(SCC(=O)NC2CCCc3ccccc32)nnc1-c1ccc(Cl)cc1. The van der Waals surface area contributed by atoms with Crippen molar-refractivity contribution < 1.29 is 4.79 Å². The van der Waals surface area contributed by atoms with Crippen LogP contribution in [-0.4, -0.2) is 26.4 Å². The fourth-order valence-corrected chi connectivity index (χ4v) is 4.41. The second kappa shape index (κ2) is 8.37. The van der Waals surface area contributed by atoms with Gasteiger partial charge in [0.2, 0.25) is 5.91 Å². The molecule has 0 fully saturated rings. The summed E-state index contributed by atoms with van der Waals surface area (Å²) in [5.41, 5.74) is 3.53. The van der Waals surface area contributed by atoms with Crippen molar-refractivity contribution in [3.05, 3.63) is 64.7 Å². The molecule has 1 N–H and O–H groups in total. The van der Waals surface area contributed by atoms with Gasteiger partial charge in [0.05, 0.1) is 11.8 Å². The van der Waals surface area contributed by atoms with Crippen LogP contribution in [0.1, 0.15) is 30.0 Å². The first-order valence-corrected chi connectivity index (χ1v) is 10.6. The summed E-state index contributed by atoms with van der Waals surface area (Å²) in [4.78, 5) is 12.5. The molecular formula is C21H21ClN4OS. The van der Waals surface area contributed by atoms with Crippen LogP contribution in [-0.2, 0) is 18.3 Å². The molecule has 1 unspecified atom stereocenters. The van der Waals surface area contributed by atoms with E-state index in [1.54, 1.807) is 0 Å². The normalized spacial score (nSPS) is 15.9. The molecule has 7 heteroatoms. The zero-order valence-corrected chi connectivity index (χ0v) is 17.1. The summed E-state index contributed by atoms with van der Waals surface area (Å²) in [5, 5.41) is 13.1. The Bertz CT molecular complexity index is 986. The van der Waals surface area contributed by atoms with Gasteiger partial charge in [0.15, 0.2) is 11.0 Å². The van der Waals surface area contributed by atoms with E-state index in [1.807, 2.05) is 41.9 Å². The first kappa shape index (κ1) is 19.0.